The minimum atomic E-state index is 0.679. The quantitative estimate of drug-likeness (QED) is 0.385. The molecule has 0 radical (unpaired) electrons. The predicted molar refractivity (Wildman–Crippen MR) is 73.5 cm³/mol. The highest BCUT2D eigenvalue weighted by molar-refractivity contribution is 7.93. The van der Waals surface area contributed by atoms with Gasteiger partial charge in [-0.3, -0.25) is 0 Å². The average Bonchev–Trinajstić information content (AvgIpc) is 2.35. The third-order valence-electron chi connectivity index (χ3n) is 2.30. The van der Waals surface area contributed by atoms with Crippen LogP contribution in [0.3, 0.4) is 0 Å². The number of methoxy groups -OCH3 is 1. The lowest BCUT2D eigenvalue weighted by Crippen LogP contribution is -2.21. The van der Waals surface area contributed by atoms with Crippen molar-refractivity contribution in [3.8, 4) is 0 Å². The van der Waals surface area contributed by atoms with Gasteiger partial charge in [0.05, 0.1) is 26.4 Å². The van der Waals surface area contributed by atoms with Crippen molar-refractivity contribution in [2.24, 2.45) is 0 Å². The number of hydrogen-bond donors (Lipinski definition) is 1. The molecule has 0 rings (SSSR count). The van der Waals surface area contributed by atoms with Crippen molar-refractivity contribution in [2.45, 2.75) is 25.7 Å². The zero-order chi connectivity index (χ0) is 12.6. The molecule has 0 aromatic rings. The molecule has 0 bridgehead atoms. The fourth-order valence-corrected chi connectivity index (χ4v) is 1.65. The van der Waals surface area contributed by atoms with Crippen LogP contribution in [0.5, 0.6) is 0 Å². The van der Waals surface area contributed by atoms with Crippen molar-refractivity contribution in [1.82, 2.24) is 5.32 Å². The van der Waals surface area contributed by atoms with Gasteiger partial charge in [-0.25, -0.2) is 0 Å². The number of ether oxygens (including phenoxy) is 2. The van der Waals surface area contributed by atoms with E-state index in [1.807, 2.05) is 6.26 Å². The van der Waals surface area contributed by atoms with E-state index in [1.54, 1.807) is 7.11 Å². The molecule has 4 nitrogen and oxygen atoms in total. The van der Waals surface area contributed by atoms with Crippen LogP contribution in [-0.4, -0.2) is 52.9 Å². The standard InChI is InChI=1S/C12H27NO3S/c1-14-11-12-15-10-8-13-7-5-3-4-6-9-16-17-2/h13H,3-12H2,1-2H3. The van der Waals surface area contributed by atoms with E-state index in [1.165, 1.54) is 37.7 Å². The van der Waals surface area contributed by atoms with Crippen LogP contribution in [-0.2, 0) is 13.7 Å². The highest BCUT2D eigenvalue weighted by Gasteiger charge is 1.92. The first-order valence-corrected chi connectivity index (χ1v) is 7.49. The Hall–Kier alpha value is 0.190. The van der Waals surface area contributed by atoms with Gasteiger partial charge in [0.25, 0.3) is 0 Å². The third-order valence-corrected chi connectivity index (χ3v) is 2.71. The van der Waals surface area contributed by atoms with E-state index in [2.05, 4.69) is 5.32 Å². The van der Waals surface area contributed by atoms with Crippen LogP contribution in [0.25, 0.3) is 0 Å². The van der Waals surface area contributed by atoms with Crippen molar-refractivity contribution in [3.05, 3.63) is 0 Å². The smallest absolute Gasteiger partial charge is 0.0700 e. The van der Waals surface area contributed by atoms with Gasteiger partial charge in [-0.05, 0) is 31.4 Å². The Morgan fingerprint density at radius 2 is 1.71 bits per heavy atom. The number of nitrogens with one attached hydrogen (secondary N) is 1. The monoisotopic (exact) mass is 265 g/mol. The first kappa shape index (κ1) is 17.2. The SMILES string of the molecule is COCCOCCNCCCCCCOSC. The highest BCUT2D eigenvalue weighted by Crippen LogP contribution is 2.02. The van der Waals surface area contributed by atoms with Gasteiger partial charge in [0.2, 0.25) is 0 Å². The van der Waals surface area contributed by atoms with Gasteiger partial charge < -0.3 is 19.0 Å². The second-order valence-corrected chi connectivity index (χ2v) is 4.33. The second-order valence-electron chi connectivity index (χ2n) is 3.76. The molecule has 0 unspecified atom stereocenters. The number of rotatable bonds is 14. The van der Waals surface area contributed by atoms with Crippen LogP contribution in [0.15, 0.2) is 0 Å². The van der Waals surface area contributed by atoms with E-state index in [0.717, 1.165) is 26.3 Å². The van der Waals surface area contributed by atoms with Gasteiger partial charge in [0, 0.05) is 19.9 Å². The Morgan fingerprint density at radius 3 is 2.47 bits per heavy atom. The molecule has 1 N–H and O–H groups in total. The van der Waals surface area contributed by atoms with Gasteiger partial charge >= 0.3 is 0 Å². The van der Waals surface area contributed by atoms with Crippen molar-refractivity contribution in [3.63, 3.8) is 0 Å². The Kier molecular flexibility index (Phi) is 16.4. The van der Waals surface area contributed by atoms with E-state index in [-0.39, 0.29) is 0 Å². The Morgan fingerprint density at radius 1 is 0.882 bits per heavy atom. The van der Waals surface area contributed by atoms with Crippen molar-refractivity contribution in [1.29, 1.82) is 0 Å². The van der Waals surface area contributed by atoms with Gasteiger partial charge in [0.15, 0.2) is 0 Å². The first-order valence-electron chi connectivity index (χ1n) is 6.34. The van der Waals surface area contributed by atoms with Crippen LogP contribution in [0, 0.1) is 0 Å². The van der Waals surface area contributed by atoms with Crippen molar-refractivity contribution >= 4 is 12.0 Å². The summed E-state index contributed by atoms with van der Waals surface area (Å²) in [5.74, 6) is 0. The summed E-state index contributed by atoms with van der Waals surface area (Å²) < 4.78 is 15.4. The molecule has 5 heteroatoms. The maximum absolute atomic E-state index is 5.34. The Balaban J connectivity index is 2.85. The number of unbranched alkanes of at least 4 members (excludes halogenated alkanes) is 3. The van der Waals surface area contributed by atoms with E-state index in [4.69, 9.17) is 13.7 Å². The zero-order valence-electron chi connectivity index (χ0n) is 11.2. The molecule has 0 aliphatic rings. The lowest BCUT2D eigenvalue weighted by molar-refractivity contribution is 0.0720. The molecule has 0 heterocycles. The topological polar surface area (TPSA) is 39.7 Å². The largest absolute Gasteiger partial charge is 0.382 e. The molecule has 0 atom stereocenters. The second kappa shape index (κ2) is 16.2. The summed E-state index contributed by atoms with van der Waals surface area (Å²) in [6.45, 7) is 5.02. The summed E-state index contributed by atoms with van der Waals surface area (Å²) in [5, 5.41) is 3.36. The van der Waals surface area contributed by atoms with Crippen molar-refractivity contribution in [2.75, 3.05) is 52.9 Å². The van der Waals surface area contributed by atoms with Crippen LogP contribution < -0.4 is 5.32 Å². The molecule has 0 aliphatic carbocycles. The first-order chi connectivity index (χ1) is 8.41. The summed E-state index contributed by atoms with van der Waals surface area (Å²) in [5.41, 5.74) is 0. The van der Waals surface area contributed by atoms with Gasteiger partial charge in [-0.15, -0.1) is 0 Å². The molecular weight excluding hydrogens is 238 g/mol. The number of hydrogen-bond acceptors (Lipinski definition) is 5. The van der Waals surface area contributed by atoms with E-state index < -0.39 is 0 Å². The van der Waals surface area contributed by atoms with Crippen LogP contribution in [0.4, 0.5) is 0 Å². The summed E-state index contributed by atoms with van der Waals surface area (Å²) in [6, 6.07) is 0. The lowest BCUT2D eigenvalue weighted by Gasteiger charge is -2.05. The molecule has 0 saturated heterocycles. The molecule has 0 fully saturated rings. The van der Waals surface area contributed by atoms with Crippen LogP contribution in [0.1, 0.15) is 25.7 Å². The summed E-state index contributed by atoms with van der Waals surface area (Å²) in [6.07, 6.45) is 6.89. The molecule has 0 saturated carbocycles. The van der Waals surface area contributed by atoms with E-state index >= 15 is 0 Å². The zero-order valence-corrected chi connectivity index (χ0v) is 12.0. The van der Waals surface area contributed by atoms with E-state index in [9.17, 15) is 0 Å². The maximum atomic E-state index is 5.34. The molecular formula is C12H27NO3S. The minimum absolute atomic E-state index is 0.679. The van der Waals surface area contributed by atoms with E-state index in [0.29, 0.717) is 13.2 Å². The Labute approximate surface area is 110 Å². The fraction of sp³-hybridized carbons (Fsp3) is 1.00. The minimum Gasteiger partial charge on any atom is -0.382 e. The lowest BCUT2D eigenvalue weighted by atomic mass is 10.2. The summed E-state index contributed by atoms with van der Waals surface area (Å²) in [7, 11) is 1.69. The summed E-state index contributed by atoms with van der Waals surface area (Å²) >= 11 is 1.45. The normalized spacial score (nSPS) is 10.9. The Bertz CT molecular complexity index is 125. The fourth-order valence-electron chi connectivity index (χ4n) is 1.36. The van der Waals surface area contributed by atoms with Crippen LogP contribution >= 0.6 is 12.0 Å². The molecule has 0 aromatic carbocycles. The predicted octanol–water partition coefficient (Wildman–Crippen LogP) is 2.09. The molecule has 17 heavy (non-hydrogen) atoms. The van der Waals surface area contributed by atoms with Gasteiger partial charge in [-0.2, -0.15) is 0 Å². The highest BCUT2D eigenvalue weighted by atomic mass is 32.2. The third kappa shape index (κ3) is 16.2. The van der Waals surface area contributed by atoms with Gasteiger partial charge in [0.1, 0.15) is 0 Å². The molecule has 0 aliphatic heterocycles. The van der Waals surface area contributed by atoms with Crippen molar-refractivity contribution < 1.29 is 13.7 Å². The maximum Gasteiger partial charge on any atom is 0.0700 e. The average molecular weight is 265 g/mol. The summed E-state index contributed by atoms with van der Waals surface area (Å²) in [4.78, 5) is 0. The molecule has 104 valence electrons. The molecule has 0 amide bonds. The van der Waals surface area contributed by atoms with Crippen LogP contribution in [0.2, 0.25) is 0 Å². The molecule has 0 aromatic heterocycles. The van der Waals surface area contributed by atoms with Gasteiger partial charge in [-0.1, -0.05) is 12.8 Å². The molecule has 0 spiro atoms.